The highest BCUT2D eigenvalue weighted by Crippen LogP contribution is 2.14. The first kappa shape index (κ1) is 7.98. The third-order valence-electron chi connectivity index (χ3n) is 2.12. The molecule has 0 aliphatic heterocycles. The normalized spacial score (nSPS) is 12.7. The Kier molecular flexibility index (Phi) is 2.08. The average Bonchev–Trinajstić information content (AvgIpc) is 2.71. The Morgan fingerprint density at radius 3 is 2.62 bits per heavy atom. The van der Waals surface area contributed by atoms with Crippen LogP contribution in [0.15, 0.2) is 43.0 Å². The summed E-state index contributed by atoms with van der Waals surface area (Å²) < 4.78 is 1.84. The van der Waals surface area contributed by atoms with Crippen LogP contribution in [0.3, 0.4) is 0 Å². The molecule has 3 heteroatoms. The molecular weight excluding hydrogens is 162 g/mol. The fraction of sp³-hybridized carbons (Fsp3) is 0.200. The standard InChI is InChI=1S/C10H11N3/c1-9(13-8-11-7-12-13)10-5-3-2-4-6-10/h2-9H,1H3/t9-/m0/s1. The molecule has 1 atom stereocenters. The zero-order chi connectivity index (χ0) is 9.10. The van der Waals surface area contributed by atoms with Crippen LogP contribution in [0.4, 0.5) is 0 Å². The summed E-state index contributed by atoms with van der Waals surface area (Å²) in [6.45, 7) is 2.10. The van der Waals surface area contributed by atoms with Gasteiger partial charge in [0.05, 0.1) is 6.04 Å². The summed E-state index contributed by atoms with van der Waals surface area (Å²) in [5.74, 6) is 0. The second-order valence-corrected chi connectivity index (χ2v) is 2.96. The van der Waals surface area contributed by atoms with Crippen molar-refractivity contribution in [3.05, 3.63) is 48.5 Å². The Balaban J connectivity index is 2.29. The van der Waals surface area contributed by atoms with Crippen LogP contribution in [0, 0.1) is 0 Å². The van der Waals surface area contributed by atoms with E-state index in [4.69, 9.17) is 0 Å². The van der Waals surface area contributed by atoms with Gasteiger partial charge in [-0.3, -0.25) is 0 Å². The van der Waals surface area contributed by atoms with Crippen molar-refractivity contribution in [1.82, 2.24) is 14.8 Å². The summed E-state index contributed by atoms with van der Waals surface area (Å²) >= 11 is 0. The van der Waals surface area contributed by atoms with E-state index in [-0.39, 0.29) is 6.04 Å². The van der Waals surface area contributed by atoms with Crippen molar-refractivity contribution >= 4 is 0 Å². The third kappa shape index (κ3) is 1.59. The van der Waals surface area contributed by atoms with E-state index in [0.29, 0.717) is 0 Å². The Bertz CT molecular complexity index is 353. The summed E-state index contributed by atoms with van der Waals surface area (Å²) in [6, 6.07) is 10.5. The van der Waals surface area contributed by atoms with Crippen LogP contribution in [0.5, 0.6) is 0 Å². The lowest BCUT2D eigenvalue weighted by molar-refractivity contribution is 0.563. The molecule has 13 heavy (non-hydrogen) atoms. The maximum Gasteiger partial charge on any atom is 0.137 e. The molecule has 1 heterocycles. The van der Waals surface area contributed by atoms with Gasteiger partial charge in [0, 0.05) is 0 Å². The average molecular weight is 173 g/mol. The molecule has 0 bridgehead atoms. The molecule has 3 nitrogen and oxygen atoms in total. The first-order valence-corrected chi connectivity index (χ1v) is 4.27. The molecule has 0 saturated heterocycles. The highest BCUT2D eigenvalue weighted by atomic mass is 15.3. The van der Waals surface area contributed by atoms with Crippen molar-refractivity contribution in [1.29, 1.82) is 0 Å². The second-order valence-electron chi connectivity index (χ2n) is 2.96. The minimum absolute atomic E-state index is 0.253. The van der Waals surface area contributed by atoms with Crippen molar-refractivity contribution in [2.45, 2.75) is 13.0 Å². The van der Waals surface area contributed by atoms with Gasteiger partial charge in [0.1, 0.15) is 12.7 Å². The maximum absolute atomic E-state index is 4.10. The van der Waals surface area contributed by atoms with Gasteiger partial charge in [0.2, 0.25) is 0 Å². The predicted molar refractivity (Wildman–Crippen MR) is 50.3 cm³/mol. The second kappa shape index (κ2) is 3.39. The Hall–Kier alpha value is -1.64. The van der Waals surface area contributed by atoms with E-state index in [2.05, 4.69) is 29.1 Å². The minimum Gasteiger partial charge on any atom is -0.246 e. The van der Waals surface area contributed by atoms with E-state index in [0.717, 1.165) is 0 Å². The molecule has 0 N–H and O–H groups in total. The minimum atomic E-state index is 0.253. The molecule has 1 aromatic carbocycles. The van der Waals surface area contributed by atoms with Crippen LogP contribution in [0.25, 0.3) is 0 Å². The molecule has 0 unspecified atom stereocenters. The van der Waals surface area contributed by atoms with E-state index in [1.807, 2.05) is 22.9 Å². The number of aromatic nitrogens is 3. The summed E-state index contributed by atoms with van der Waals surface area (Å²) in [5, 5.41) is 4.10. The fourth-order valence-corrected chi connectivity index (χ4v) is 1.30. The highest BCUT2D eigenvalue weighted by Gasteiger charge is 2.05. The van der Waals surface area contributed by atoms with Crippen molar-refractivity contribution in [3.8, 4) is 0 Å². The van der Waals surface area contributed by atoms with E-state index in [1.165, 1.54) is 5.56 Å². The van der Waals surface area contributed by atoms with Gasteiger partial charge in [-0.05, 0) is 12.5 Å². The molecule has 0 saturated carbocycles. The molecule has 0 amide bonds. The molecule has 1 aromatic heterocycles. The Morgan fingerprint density at radius 1 is 1.23 bits per heavy atom. The molecule has 0 fully saturated rings. The van der Waals surface area contributed by atoms with Gasteiger partial charge in [0.15, 0.2) is 0 Å². The summed E-state index contributed by atoms with van der Waals surface area (Å²) in [7, 11) is 0. The summed E-state index contributed by atoms with van der Waals surface area (Å²) in [5.41, 5.74) is 1.24. The topological polar surface area (TPSA) is 30.7 Å². The number of benzene rings is 1. The lowest BCUT2D eigenvalue weighted by Crippen LogP contribution is -2.06. The van der Waals surface area contributed by atoms with Crippen LogP contribution >= 0.6 is 0 Å². The fourth-order valence-electron chi connectivity index (χ4n) is 1.30. The Labute approximate surface area is 77.0 Å². The van der Waals surface area contributed by atoms with Crippen LogP contribution in [0.2, 0.25) is 0 Å². The molecule has 2 rings (SSSR count). The van der Waals surface area contributed by atoms with Crippen molar-refractivity contribution < 1.29 is 0 Å². The first-order valence-electron chi connectivity index (χ1n) is 4.27. The molecule has 0 aliphatic rings. The van der Waals surface area contributed by atoms with E-state index in [9.17, 15) is 0 Å². The number of rotatable bonds is 2. The van der Waals surface area contributed by atoms with E-state index in [1.54, 1.807) is 12.7 Å². The van der Waals surface area contributed by atoms with Gasteiger partial charge >= 0.3 is 0 Å². The van der Waals surface area contributed by atoms with Crippen LogP contribution in [-0.2, 0) is 0 Å². The molecule has 66 valence electrons. The lowest BCUT2D eigenvalue weighted by Gasteiger charge is -2.10. The lowest BCUT2D eigenvalue weighted by atomic mass is 10.1. The van der Waals surface area contributed by atoms with Crippen molar-refractivity contribution in [2.75, 3.05) is 0 Å². The van der Waals surface area contributed by atoms with Crippen molar-refractivity contribution in [2.24, 2.45) is 0 Å². The van der Waals surface area contributed by atoms with Gasteiger partial charge in [-0.1, -0.05) is 30.3 Å². The van der Waals surface area contributed by atoms with E-state index >= 15 is 0 Å². The van der Waals surface area contributed by atoms with Crippen LogP contribution < -0.4 is 0 Å². The zero-order valence-corrected chi connectivity index (χ0v) is 7.46. The largest absolute Gasteiger partial charge is 0.246 e. The third-order valence-corrected chi connectivity index (χ3v) is 2.12. The van der Waals surface area contributed by atoms with Gasteiger partial charge in [-0.2, -0.15) is 5.10 Å². The molecule has 0 spiro atoms. The number of nitrogens with zero attached hydrogens (tertiary/aromatic N) is 3. The first-order chi connectivity index (χ1) is 6.38. The predicted octanol–water partition coefficient (Wildman–Crippen LogP) is 1.89. The smallest absolute Gasteiger partial charge is 0.137 e. The number of hydrogen-bond donors (Lipinski definition) is 0. The van der Waals surface area contributed by atoms with Crippen LogP contribution in [0.1, 0.15) is 18.5 Å². The highest BCUT2D eigenvalue weighted by molar-refractivity contribution is 5.18. The molecule has 2 aromatic rings. The van der Waals surface area contributed by atoms with Crippen LogP contribution in [-0.4, -0.2) is 14.8 Å². The van der Waals surface area contributed by atoms with E-state index < -0.39 is 0 Å². The number of hydrogen-bond acceptors (Lipinski definition) is 2. The summed E-state index contributed by atoms with van der Waals surface area (Å²) in [6.07, 6.45) is 3.29. The van der Waals surface area contributed by atoms with Gasteiger partial charge in [-0.15, -0.1) is 0 Å². The van der Waals surface area contributed by atoms with Gasteiger partial charge in [-0.25, -0.2) is 9.67 Å². The van der Waals surface area contributed by atoms with Crippen molar-refractivity contribution in [3.63, 3.8) is 0 Å². The molecule has 0 aliphatic carbocycles. The van der Waals surface area contributed by atoms with Gasteiger partial charge in [0.25, 0.3) is 0 Å². The maximum atomic E-state index is 4.10. The Morgan fingerprint density at radius 2 is 2.00 bits per heavy atom. The SMILES string of the molecule is C[C@@H](c1ccccc1)n1cncn1. The zero-order valence-electron chi connectivity index (χ0n) is 7.46. The molecule has 0 radical (unpaired) electrons. The summed E-state index contributed by atoms with van der Waals surface area (Å²) in [4.78, 5) is 3.92. The quantitative estimate of drug-likeness (QED) is 0.694. The monoisotopic (exact) mass is 173 g/mol. The van der Waals surface area contributed by atoms with Gasteiger partial charge < -0.3 is 0 Å². The molecular formula is C10H11N3.